The summed E-state index contributed by atoms with van der Waals surface area (Å²) in [6, 6.07) is 22.0. The van der Waals surface area contributed by atoms with Gasteiger partial charge in [-0.25, -0.2) is 9.97 Å². The van der Waals surface area contributed by atoms with Crippen molar-refractivity contribution in [3.8, 4) is 11.3 Å². The van der Waals surface area contributed by atoms with E-state index in [1.54, 1.807) is 31.3 Å². The van der Waals surface area contributed by atoms with Crippen LogP contribution in [-0.4, -0.2) is 20.8 Å². The van der Waals surface area contributed by atoms with Gasteiger partial charge in [0.25, 0.3) is 11.6 Å². The number of carbonyl (C=O) groups excluding carboxylic acids is 1. The molecule has 0 radical (unpaired) electrons. The second kappa shape index (κ2) is 11.0. The van der Waals surface area contributed by atoms with Gasteiger partial charge in [-0.15, -0.1) is 0 Å². The van der Waals surface area contributed by atoms with E-state index in [0.29, 0.717) is 34.7 Å². The molecule has 0 saturated carbocycles. The molecule has 3 N–H and O–H groups in total. The number of non-ortho nitro benzene ring substituents is 1. The Morgan fingerprint density at radius 2 is 1.83 bits per heavy atom. The Balaban J connectivity index is 1.50. The number of carbonyl (C=O) groups is 1. The molecule has 1 atom stereocenters. The summed E-state index contributed by atoms with van der Waals surface area (Å²) in [7, 11) is 0. The molecule has 1 amide bonds. The Labute approximate surface area is 207 Å². The summed E-state index contributed by atoms with van der Waals surface area (Å²) in [5, 5.41) is 22.1. The van der Waals surface area contributed by atoms with E-state index in [2.05, 4.69) is 25.5 Å². The molecule has 4 rings (SSSR count). The first-order valence-corrected chi connectivity index (χ1v) is 11.1. The third-order valence-electron chi connectivity index (χ3n) is 5.35. The van der Waals surface area contributed by atoms with E-state index < -0.39 is 11.0 Å². The van der Waals surface area contributed by atoms with Crippen molar-refractivity contribution in [1.82, 2.24) is 15.3 Å². The SMILES string of the molecule is CC(N=Nc1ccc([N+](=O)[O-])cc1)c1nc(-c2cccc(C(=O)NCc3ccccc3)c2)cnc1N. The molecule has 36 heavy (non-hydrogen) atoms. The highest BCUT2D eigenvalue weighted by Gasteiger charge is 2.15. The number of hydrogen-bond donors (Lipinski definition) is 2. The van der Waals surface area contributed by atoms with Crippen molar-refractivity contribution in [1.29, 1.82) is 0 Å². The molecule has 0 saturated heterocycles. The molecule has 10 heteroatoms. The zero-order valence-electron chi connectivity index (χ0n) is 19.4. The van der Waals surface area contributed by atoms with Crippen molar-refractivity contribution >= 4 is 23.1 Å². The minimum absolute atomic E-state index is 0.0270. The lowest BCUT2D eigenvalue weighted by Gasteiger charge is -2.11. The second-order valence-corrected chi connectivity index (χ2v) is 7.94. The maximum atomic E-state index is 12.7. The predicted molar refractivity (Wildman–Crippen MR) is 136 cm³/mol. The number of nitrogens with zero attached hydrogens (tertiary/aromatic N) is 5. The van der Waals surface area contributed by atoms with Crippen LogP contribution in [-0.2, 0) is 6.54 Å². The van der Waals surface area contributed by atoms with Gasteiger partial charge >= 0.3 is 0 Å². The van der Waals surface area contributed by atoms with E-state index in [4.69, 9.17) is 5.73 Å². The highest BCUT2D eigenvalue weighted by molar-refractivity contribution is 5.95. The fourth-order valence-corrected chi connectivity index (χ4v) is 3.41. The monoisotopic (exact) mass is 481 g/mol. The third kappa shape index (κ3) is 5.92. The van der Waals surface area contributed by atoms with Gasteiger partial charge in [-0.1, -0.05) is 42.5 Å². The highest BCUT2D eigenvalue weighted by Crippen LogP contribution is 2.27. The maximum Gasteiger partial charge on any atom is 0.269 e. The van der Waals surface area contributed by atoms with Gasteiger partial charge < -0.3 is 11.1 Å². The molecule has 1 heterocycles. The average molecular weight is 482 g/mol. The normalized spacial score (nSPS) is 11.8. The molecule has 180 valence electrons. The molecule has 10 nitrogen and oxygen atoms in total. The molecular formula is C26H23N7O3. The van der Waals surface area contributed by atoms with Crippen LogP contribution in [0.15, 0.2) is 95.3 Å². The number of nitrogens with one attached hydrogen (secondary N) is 1. The smallest absolute Gasteiger partial charge is 0.269 e. The summed E-state index contributed by atoms with van der Waals surface area (Å²) in [4.78, 5) is 31.9. The van der Waals surface area contributed by atoms with Crippen LogP contribution in [0.5, 0.6) is 0 Å². The third-order valence-corrected chi connectivity index (χ3v) is 5.35. The zero-order valence-corrected chi connectivity index (χ0v) is 19.4. The summed E-state index contributed by atoms with van der Waals surface area (Å²) in [6.07, 6.45) is 1.54. The maximum absolute atomic E-state index is 12.7. The number of anilines is 1. The van der Waals surface area contributed by atoms with Gasteiger partial charge in [-0.3, -0.25) is 14.9 Å². The van der Waals surface area contributed by atoms with Crippen molar-refractivity contribution < 1.29 is 9.72 Å². The van der Waals surface area contributed by atoms with Crippen molar-refractivity contribution in [3.05, 3.63) is 112 Å². The number of benzene rings is 3. The highest BCUT2D eigenvalue weighted by atomic mass is 16.6. The van der Waals surface area contributed by atoms with Crippen LogP contribution in [0, 0.1) is 10.1 Å². The number of azo groups is 1. The minimum Gasteiger partial charge on any atom is -0.382 e. The number of nitrogen functional groups attached to an aromatic ring is 1. The first-order chi connectivity index (χ1) is 17.4. The van der Waals surface area contributed by atoms with Gasteiger partial charge in [0, 0.05) is 29.8 Å². The topological polar surface area (TPSA) is 149 Å². The zero-order chi connectivity index (χ0) is 25.5. The van der Waals surface area contributed by atoms with Gasteiger partial charge in [-0.2, -0.15) is 10.2 Å². The summed E-state index contributed by atoms with van der Waals surface area (Å²) in [5.41, 5.74) is 9.66. The number of hydrogen-bond acceptors (Lipinski definition) is 8. The average Bonchev–Trinajstić information content (AvgIpc) is 2.91. The summed E-state index contributed by atoms with van der Waals surface area (Å²) in [5.74, 6) is 0.0141. The lowest BCUT2D eigenvalue weighted by atomic mass is 10.1. The van der Waals surface area contributed by atoms with Crippen molar-refractivity contribution in [3.63, 3.8) is 0 Å². The molecule has 1 unspecified atom stereocenters. The number of nitro groups is 1. The fraction of sp³-hybridized carbons (Fsp3) is 0.115. The van der Waals surface area contributed by atoms with Gasteiger partial charge in [-0.05, 0) is 36.8 Å². The first kappa shape index (κ1) is 24.1. The number of amides is 1. The Kier molecular flexibility index (Phi) is 7.35. The van der Waals surface area contributed by atoms with Gasteiger partial charge in [0.05, 0.1) is 22.5 Å². The lowest BCUT2D eigenvalue weighted by Crippen LogP contribution is -2.22. The molecule has 0 aliphatic rings. The first-order valence-electron chi connectivity index (χ1n) is 11.1. The van der Waals surface area contributed by atoms with Crippen LogP contribution >= 0.6 is 0 Å². The molecule has 0 aliphatic heterocycles. The molecule has 1 aromatic heterocycles. The van der Waals surface area contributed by atoms with E-state index in [0.717, 1.165) is 5.56 Å². The lowest BCUT2D eigenvalue weighted by molar-refractivity contribution is -0.384. The van der Waals surface area contributed by atoms with Crippen LogP contribution in [0.1, 0.15) is 34.6 Å². The van der Waals surface area contributed by atoms with Crippen molar-refractivity contribution in [2.75, 3.05) is 5.73 Å². The van der Waals surface area contributed by atoms with E-state index in [9.17, 15) is 14.9 Å². The molecule has 0 aliphatic carbocycles. The van der Waals surface area contributed by atoms with Crippen LogP contribution < -0.4 is 11.1 Å². The van der Waals surface area contributed by atoms with E-state index in [1.807, 2.05) is 36.4 Å². The largest absolute Gasteiger partial charge is 0.382 e. The van der Waals surface area contributed by atoms with E-state index in [1.165, 1.54) is 24.3 Å². The van der Waals surface area contributed by atoms with Crippen LogP contribution in [0.2, 0.25) is 0 Å². The standard InChI is InChI=1S/C26H23N7O3/c1-17(31-32-21-10-12-22(13-11-21)33(35)36)24-25(27)28-16-23(30-24)19-8-5-9-20(14-19)26(34)29-15-18-6-3-2-4-7-18/h2-14,16-17H,15H2,1H3,(H2,27,28)(H,29,34). The second-order valence-electron chi connectivity index (χ2n) is 7.94. The number of aromatic nitrogens is 2. The molecule has 0 bridgehead atoms. The minimum atomic E-state index is -0.523. The van der Waals surface area contributed by atoms with Gasteiger partial charge in [0.2, 0.25) is 0 Å². The Morgan fingerprint density at radius 1 is 1.08 bits per heavy atom. The van der Waals surface area contributed by atoms with Crippen LogP contribution in [0.4, 0.5) is 17.2 Å². The van der Waals surface area contributed by atoms with Crippen molar-refractivity contribution in [2.45, 2.75) is 19.5 Å². The molecular weight excluding hydrogens is 458 g/mol. The van der Waals surface area contributed by atoms with Gasteiger partial charge in [0.1, 0.15) is 17.6 Å². The Morgan fingerprint density at radius 3 is 2.56 bits per heavy atom. The van der Waals surface area contributed by atoms with Crippen LogP contribution in [0.3, 0.4) is 0 Å². The van der Waals surface area contributed by atoms with E-state index in [-0.39, 0.29) is 17.4 Å². The molecule has 4 aromatic rings. The summed E-state index contributed by atoms with van der Waals surface area (Å²) < 4.78 is 0. The number of nitrogens with two attached hydrogens (primary N) is 1. The molecule has 3 aromatic carbocycles. The van der Waals surface area contributed by atoms with E-state index >= 15 is 0 Å². The number of rotatable bonds is 8. The van der Waals surface area contributed by atoms with Crippen molar-refractivity contribution in [2.24, 2.45) is 10.2 Å². The molecule has 0 fully saturated rings. The predicted octanol–water partition coefficient (Wildman–Crippen LogP) is 5.41. The quantitative estimate of drug-likeness (QED) is 0.195. The number of nitro benzene ring substituents is 1. The summed E-state index contributed by atoms with van der Waals surface area (Å²) in [6.45, 7) is 2.19. The Hall–Kier alpha value is -4.99. The fourth-order valence-electron chi connectivity index (χ4n) is 3.41. The molecule has 0 spiro atoms. The Bertz CT molecular complexity index is 1410. The van der Waals surface area contributed by atoms with Crippen LogP contribution in [0.25, 0.3) is 11.3 Å². The summed E-state index contributed by atoms with van der Waals surface area (Å²) >= 11 is 0. The van der Waals surface area contributed by atoms with Gasteiger partial charge in [0.15, 0.2) is 0 Å².